The Morgan fingerprint density at radius 2 is 1.72 bits per heavy atom. The number of pyridine rings is 1. The molecule has 0 saturated heterocycles. The molecule has 29 heavy (non-hydrogen) atoms. The first kappa shape index (κ1) is 19.9. The molecule has 0 unspecified atom stereocenters. The molecule has 0 bridgehead atoms. The Morgan fingerprint density at radius 3 is 2.45 bits per heavy atom. The average molecular weight is 396 g/mol. The molecule has 1 aromatic heterocycles. The van der Waals surface area contributed by atoms with E-state index in [2.05, 4.69) is 10.3 Å². The molecule has 150 valence electrons. The Bertz CT molecular complexity index is 1050. The quantitative estimate of drug-likeness (QED) is 0.613. The third-order valence-electron chi connectivity index (χ3n) is 4.18. The number of nitrogens with one attached hydrogen (secondary N) is 1. The standard InChI is InChI=1S/C21H20N2O6/c1-26-17-10-9-14(19(27-2)20(17)28-3)21(25)29-12-18(24)23-16-8-4-7-15-13(16)6-5-11-22-15/h4-11H,12H2,1-3H3,(H,23,24). The van der Waals surface area contributed by atoms with Crippen LogP contribution in [0.2, 0.25) is 0 Å². The van der Waals surface area contributed by atoms with Crippen LogP contribution in [0.1, 0.15) is 10.4 Å². The zero-order chi connectivity index (χ0) is 20.8. The van der Waals surface area contributed by atoms with Crippen LogP contribution in [0.15, 0.2) is 48.7 Å². The number of anilines is 1. The SMILES string of the molecule is COc1ccc(C(=O)OCC(=O)Nc2cccc3ncccc23)c(OC)c1OC. The van der Waals surface area contributed by atoms with Crippen molar-refractivity contribution in [2.24, 2.45) is 0 Å². The lowest BCUT2D eigenvalue weighted by atomic mass is 10.1. The Hall–Kier alpha value is -3.81. The molecule has 8 heteroatoms. The molecule has 0 aliphatic carbocycles. The van der Waals surface area contributed by atoms with E-state index in [0.717, 1.165) is 10.9 Å². The van der Waals surface area contributed by atoms with Crippen molar-refractivity contribution in [3.05, 3.63) is 54.2 Å². The van der Waals surface area contributed by atoms with Crippen molar-refractivity contribution < 1.29 is 28.5 Å². The predicted molar refractivity (Wildman–Crippen MR) is 107 cm³/mol. The molecule has 0 spiro atoms. The Labute approximate surface area is 167 Å². The fourth-order valence-corrected chi connectivity index (χ4v) is 2.87. The van der Waals surface area contributed by atoms with E-state index in [1.165, 1.54) is 27.4 Å². The number of hydrogen-bond acceptors (Lipinski definition) is 7. The van der Waals surface area contributed by atoms with E-state index in [0.29, 0.717) is 11.4 Å². The van der Waals surface area contributed by atoms with Gasteiger partial charge in [0.05, 0.1) is 32.5 Å². The number of esters is 1. The van der Waals surface area contributed by atoms with Crippen molar-refractivity contribution in [3.63, 3.8) is 0 Å². The van der Waals surface area contributed by atoms with Gasteiger partial charge in [-0.3, -0.25) is 9.78 Å². The number of benzene rings is 2. The highest BCUT2D eigenvalue weighted by molar-refractivity contribution is 6.02. The van der Waals surface area contributed by atoms with Crippen molar-refractivity contribution >= 4 is 28.5 Å². The van der Waals surface area contributed by atoms with Gasteiger partial charge in [0, 0.05) is 11.6 Å². The number of carbonyl (C=O) groups excluding carboxylic acids is 2. The van der Waals surface area contributed by atoms with Gasteiger partial charge in [0.2, 0.25) is 5.75 Å². The second-order valence-corrected chi connectivity index (χ2v) is 5.88. The van der Waals surface area contributed by atoms with E-state index in [1.54, 1.807) is 30.5 Å². The predicted octanol–water partition coefficient (Wildman–Crippen LogP) is 3.06. The number of rotatable bonds is 7. The van der Waals surface area contributed by atoms with Gasteiger partial charge < -0.3 is 24.3 Å². The molecule has 1 N–H and O–H groups in total. The third-order valence-corrected chi connectivity index (χ3v) is 4.18. The average Bonchev–Trinajstić information content (AvgIpc) is 2.76. The summed E-state index contributed by atoms with van der Waals surface area (Å²) in [5, 5.41) is 3.52. The molecule has 3 aromatic rings. The van der Waals surface area contributed by atoms with E-state index in [4.69, 9.17) is 18.9 Å². The highest BCUT2D eigenvalue weighted by atomic mass is 16.5. The Balaban J connectivity index is 1.71. The topological polar surface area (TPSA) is 96.0 Å². The van der Waals surface area contributed by atoms with Crippen LogP contribution in [0, 0.1) is 0 Å². The van der Waals surface area contributed by atoms with Gasteiger partial charge in [-0.05, 0) is 36.4 Å². The molecule has 0 fully saturated rings. The van der Waals surface area contributed by atoms with Crippen LogP contribution in [-0.2, 0) is 9.53 Å². The van der Waals surface area contributed by atoms with E-state index in [1.807, 2.05) is 12.1 Å². The maximum absolute atomic E-state index is 12.5. The molecule has 0 radical (unpaired) electrons. The number of aromatic nitrogens is 1. The number of ether oxygens (including phenoxy) is 4. The second-order valence-electron chi connectivity index (χ2n) is 5.88. The van der Waals surface area contributed by atoms with Gasteiger partial charge >= 0.3 is 5.97 Å². The molecule has 8 nitrogen and oxygen atoms in total. The third kappa shape index (κ3) is 4.21. The minimum atomic E-state index is -0.725. The second kappa shape index (κ2) is 8.92. The summed E-state index contributed by atoms with van der Waals surface area (Å²) in [6, 6.07) is 12.0. The number of fused-ring (bicyclic) bond motifs is 1. The molecule has 0 aliphatic heterocycles. The minimum absolute atomic E-state index is 0.118. The zero-order valence-corrected chi connectivity index (χ0v) is 16.2. The van der Waals surface area contributed by atoms with Crippen molar-refractivity contribution in [1.29, 1.82) is 0 Å². The lowest BCUT2D eigenvalue weighted by molar-refractivity contribution is -0.119. The first-order chi connectivity index (χ1) is 14.1. The molecule has 2 aromatic carbocycles. The van der Waals surface area contributed by atoms with E-state index in [9.17, 15) is 9.59 Å². The summed E-state index contributed by atoms with van der Waals surface area (Å²) < 4.78 is 20.9. The van der Waals surface area contributed by atoms with Crippen molar-refractivity contribution in [3.8, 4) is 17.2 Å². The summed E-state index contributed by atoms with van der Waals surface area (Å²) in [5.74, 6) is -0.371. The molecule has 3 rings (SSSR count). The van der Waals surface area contributed by atoms with Crippen LogP contribution in [0.25, 0.3) is 10.9 Å². The number of nitrogens with zero attached hydrogens (tertiary/aromatic N) is 1. The Kier molecular flexibility index (Phi) is 6.13. The van der Waals surface area contributed by atoms with Crippen molar-refractivity contribution in [1.82, 2.24) is 4.98 Å². The zero-order valence-electron chi connectivity index (χ0n) is 16.2. The number of amides is 1. The maximum atomic E-state index is 12.5. The van der Waals surface area contributed by atoms with Gasteiger partial charge in [0.1, 0.15) is 5.56 Å². The number of methoxy groups -OCH3 is 3. The molecule has 0 atom stereocenters. The summed E-state index contributed by atoms with van der Waals surface area (Å²) in [6.07, 6.45) is 1.67. The summed E-state index contributed by atoms with van der Waals surface area (Å²) in [6.45, 7) is -0.465. The molecule has 0 saturated carbocycles. The summed E-state index contributed by atoms with van der Waals surface area (Å²) in [5.41, 5.74) is 1.45. The summed E-state index contributed by atoms with van der Waals surface area (Å²) in [7, 11) is 4.31. The molecular weight excluding hydrogens is 376 g/mol. The van der Waals surface area contributed by atoms with Crippen LogP contribution >= 0.6 is 0 Å². The van der Waals surface area contributed by atoms with Crippen LogP contribution in [-0.4, -0.2) is 44.8 Å². The fourth-order valence-electron chi connectivity index (χ4n) is 2.87. The van der Waals surface area contributed by atoms with E-state index < -0.39 is 18.5 Å². The van der Waals surface area contributed by atoms with Gasteiger partial charge in [0.25, 0.3) is 5.91 Å². The molecule has 1 amide bonds. The first-order valence-corrected chi connectivity index (χ1v) is 8.68. The smallest absolute Gasteiger partial charge is 0.342 e. The lowest BCUT2D eigenvalue weighted by Crippen LogP contribution is -2.21. The van der Waals surface area contributed by atoms with Crippen LogP contribution in [0.3, 0.4) is 0 Å². The molecule has 0 aliphatic rings. The van der Waals surface area contributed by atoms with E-state index in [-0.39, 0.29) is 17.1 Å². The Morgan fingerprint density at radius 1 is 0.931 bits per heavy atom. The van der Waals surface area contributed by atoms with Crippen LogP contribution < -0.4 is 19.5 Å². The highest BCUT2D eigenvalue weighted by Gasteiger charge is 2.22. The highest BCUT2D eigenvalue weighted by Crippen LogP contribution is 2.39. The van der Waals surface area contributed by atoms with Crippen LogP contribution in [0.4, 0.5) is 5.69 Å². The van der Waals surface area contributed by atoms with Gasteiger partial charge in [-0.15, -0.1) is 0 Å². The summed E-state index contributed by atoms with van der Waals surface area (Å²) >= 11 is 0. The number of hydrogen-bond donors (Lipinski definition) is 1. The van der Waals surface area contributed by atoms with Gasteiger partial charge in [-0.1, -0.05) is 6.07 Å². The maximum Gasteiger partial charge on any atom is 0.342 e. The van der Waals surface area contributed by atoms with Gasteiger partial charge in [-0.2, -0.15) is 0 Å². The normalized spacial score (nSPS) is 10.3. The first-order valence-electron chi connectivity index (χ1n) is 8.68. The largest absolute Gasteiger partial charge is 0.493 e. The van der Waals surface area contributed by atoms with Gasteiger partial charge in [-0.25, -0.2) is 4.79 Å². The van der Waals surface area contributed by atoms with Gasteiger partial charge in [0.15, 0.2) is 18.1 Å². The molecule has 1 heterocycles. The fraction of sp³-hybridized carbons (Fsp3) is 0.190. The monoisotopic (exact) mass is 396 g/mol. The molecular formula is C21H20N2O6. The van der Waals surface area contributed by atoms with E-state index >= 15 is 0 Å². The van der Waals surface area contributed by atoms with Crippen molar-refractivity contribution in [2.75, 3.05) is 33.3 Å². The minimum Gasteiger partial charge on any atom is -0.493 e. The van der Waals surface area contributed by atoms with Crippen molar-refractivity contribution in [2.45, 2.75) is 0 Å². The lowest BCUT2D eigenvalue weighted by Gasteiger charge is -2.15. The number of carbonyl (C=O) groups is 2. The summed E-state index contributed by atoms with van der Waals surface area (Å²) in [4.78, 5) is 29.0. The van der Waals surface area contributed by atoms with Crippen LogP contribution in [0.5, 0.6) is 17.2 Å².